The number of ether oxygens (including phenoxy) is 2. The standard InChI is InChI=1S/C18H17NO4S/c1-11-8-16(13(3)24-11)17(20)10-22-18(21)12(2)23-15-6-4-14(9-19)5-7-15/h4-8,12H,10H2,1-3H3/t12-/m0/s1. The summed E-state index contributed by atoms with van der Waals surface area (Å²) in [6.07, 6.45) is -0.851. The minimum atomic E-state index is -0.851. The maximum atomic E-state index is 12.1. The number of benzene rings is 1. The van der Waals surface area contributed by atoms with Gasteiger partial charge in [0.2, 0.25) is 5.78 Å². The maximum Gasteiger partial charge on any atom is 0.347 e. The highest BCUT2D eigenvalue weighted by molar-refractivity contribution is 7.12. The van der Waals surface area contributed by atoms with Crippen molar-refractivity contribution in [2.24, 2.45) is 0 Å². The summed E-state index contributed by atoms with van der Waals surface area (Å²) in [5.41, 5.74) is 1.09. The molecule has 1 aromatic heterocycles. The smallest absolute Gasteiger partial charge is 0.347 e. The van der Waals surface area contributed by atoms with E-state index in [9.17, 15) is 9.59 Å². The van der Waals surface area contributed by atoms with E-state index in [0.717, 1.165) is 9.75 Å². The van der Waals surface area contributed by atoms with E-state index in [-0.39, 0.29) is 12.4 Å². The summed E-state index contributed by atoms with van der Waals surface area (Å²) < 4.78 is 10.5. The first-order valence-corrected chi connectivity index (χ1v) is 8.16. The van der Waals surface area contributed by atoms with Crippen LogP contribution in [0.5, 0.6) is 5.75 Å². The van der Waals surface area contributed by atoms with Gasteiger partial charge in [0.1, 0.15) is 5.75 Å². The van der Waals surface area contributed by atoms with Gasteiger partial charge in [-0.05, 0) is 51.1 Å². The summed E-state index contributed by atoms with van der Waals surface area (Å²) in [5.74, 6) is -0.387. The molecule has 1 heterocycles. The summed E-state index contributed by atoms with van der Waals surface area (Å²) in [6.45, 7) is 5.03. The maximum absolute atomic E-state index is 12.1. The molecule has 0 aliphatic heterocycles. The summed E-state index contributed by atoms with van der Waals surface area (Å²) in [4.78, 5) is 26.0. The average Bonchev–Trinajstić information content (AvgIpc) is 2.91. The van der Waals surface area contributed by atoms with E-state index in [4.69, 9.17) is 14.7 Å². The lowest BCUT2D eigenvalue weighted by atomic mass is 10.2. The largest absolute Gasteiger partial charge is 0.479 e. The van der Waals surface area contributed by atoms with Crippen LogP contribution in [0.15, 0.2) is 30.3 Å². The van der Waals surface area contributed by atoms with Gasteiger partial charge in [0.25, 0.3) is 0 Å². The molecule has 2 rings (SSSR count). The van der Waals surface area contributed by atoms with Crippen molar-refractivity contribution in [3.8, 4) is 11.8 Å². The number of hydrogen-bond donors (Lipinski definition) is 0. The Morgan fingerprint density at radius 2 is 1.92 bits per heavy atom. The number of nitriles is 1. The molecule has 0 unspecified atom stereocenters. The van der Waals surface area contributed by atoms with Gasteiger partial charge >= 0.3 is 5.97 Å². The molecule has 1 aromatic carbocycles. The van der Waals surface area contributed by atoms with Crippen LogP contribution >= 0.6 is 11.3 Å². The second-order valence-corrected chi connectivity index (χ2v) is 6.71. The van der Waals surface area contributed by atoms with E-state index in [1.54, 1.807) is 37.3 Å². The quantitative estimate of drug-likeness (QED) is 0.593. The van der Waals surface area contributed by atoms with Gasteiger partial charge in [-0.2, -0.15) is 5.26 Å². The Morgan fingerprint density at radius 3 is 2.46 bits per heavy atom. The van der Waals surface area contributed by atoms with Crippen LogP contribution in [-0.2, 0) is 9.53 Å². The molecule has 0 aliphatic carbocycles. The van der Waals surface area contributed by atoms with Crippen molar-refractivity contribution in [3.63, 3.8) is 0 Å². The molecule has 1 atom stereocenters. The van der Waals surface area contributed by atoms with Gasteiger partial charge in [-0.1, -0.05) is 0 Å². The monoisotopic (exact) mass is 343 g/mol. The van der Waals surface area contributed by atoms with Crippen LogP contribution in [0.2, 0.25) is 0 Å². The molecule has 0 spiro atoms. The molecule has 0 radical (unpaired) electrons. The van der Waals surface area contributed by atoms with Gasteiger partial charge in [-0.3, -0.25) is 4.79 Å². The first kappa shape index (κ1) is 17.7. The fraction of sp³-hybridized carbons (Fsp3) is 0.278. The second kappa shape index (κ2) is 7.75. The molecule has 0 fully saturated rings. The normalized spacial score (nSPS) is 11.4. The summed E-state index contributed by atoms with van der Waals surface area (Å²) >= 11 is 1.53. The molecular weight excluding hydrogens is 326 g/mol. The molecule has 0 bridgehead atoms. The number of nitrogens with zero attached hydrogens (tertiary/aromatic N) is 1. The molecule has 6 heteroatoms. The highest BCUT2D eigenvalue weighted by atomic mass is 32.1. The van der Waals surface area contributed by atoms with Crippen molar-refractivity contribution in [3.05, 3.63) is 51.2 Å². The Balaban J connectivity index is 1.88. The molecule has 0 aliphatic rings. The SMILES string of the molecule is Cc1cc(C(=O)COC(=O)[C@H](C)Oc2ccc(C#N)cc2)c(C)s1. The topological polar surface area (TPSA) is 76.4 Å². The minimum absolute atomic E-state index is 0.226. The Morgan fingerprint density at radius 1 is 1.25 bits per heavy atom. The van der Waals surface area contributed by atoms with Crippen LogP contribution in [0.3, 0.4) is 0 Å². The van der Waals surface area contributed by atoms with E-state index < -0.39 is 12.1 Å². The summed E-state index contributed by atoms with van der Waals surface area (Å²) in [7, 11) is 0. The Labute approximate surface area is 144 Å². The first-order valence-electron chi connectivity index (χ1n) is 7.34. The van der Waals surface area contributed by atoms with Gasteiger partial charge in [0.15, 0.2) is 12.7 Å². The lowest BCUT2D eigenvalue weighted by Crippen LogP contribution is -2.28. The van der Waals surface area contributed by atoms with Gasteiger partial charge in [-0.15, -0.1) is 11.3 Å². The number of ketones is 1. The third kappa shape index (κ3) is 4.43. The predicted molar refractivity (Wildman–Crippen MR) is 90.3 cm³/mol. The zero-order chi connectivity index (χ0) is 17.7. The summed E-state index contributed by atoms with van der Waals surface area (Å²) in [5, 5.41) is 8.74. The minimum Gasteiger partial charge on any atom is -0.479 e. The predicted octanol–water partition coefficient (Wildman–Crippen LogP) is 3.43. The molecule has 0 N–H and O–H groups in total. The van der Waals surface area contributed by atoms with E-state index in [1.165, 1.54) is 11.3 Å². The van der Waals surface area contributed by atoms with Gasteiger partial charge in [-0.25, -0.2) is 4.79 Å². The van der Waals surface area contributed by atoms with Gasteiger partial charge < -0.3 is 9.47 Å². The summed E-state index contributed by atoms with van der Waals surface area (Å²) in [6, 6.07) is 10.2. The van der Waals surface area contributed by atoms with E-state index in [1.807, 2.05) is 19.9 Å². The zero-order valence-electron chi connectivity index (χ0n) is 13.7. The molecule has 0 amide bonds. The molecular formula is C18H17NO4S. The van der Waals surface area contributed by atoms with Crippen molar-refractivity contribution in [1.29, 1.82) is 5.26 Å². The van der Waals surface area contributed by atoms with Gasteiger partial charge in [0.05, 0.1) is 11.6 Å². The fourth-order valence-electron chi connectivity index (χ4n) is 2.10. The number of hydrogen-bond acceptors (Lipinski definition) is 6. The van der Waals surface area contributed by atoms with Gasteiger partial charge in [0, 0.05) is 15.3 Å². The highest BCUT2D eigenvalue weighted by Crippen LogP contribution is 2.21. The lowest BCUT2D eigenvalue weighted by molar-refractivity contribution is -0.149. The van der Waals surface area contributed by atoms with Crippen molar-refractivity contribution in [1.82, 2.24) is 0 Å². The lowest BCUT2D eigenvalue weighted by Gasteiger charge is -2.13. The number of esters is 1. The van der Waals surface area contributed by atoms with Crippen molar-refractivity contribution in [2.45, 2.75) is 26.9 Å². The van der Waals surface area contributed by atoms with Crippen LogP contribution < -0.4 is 4.74 Å². The Bertz CT molecular complexity index is 786. The van der Waals surface area contributed by atoms with Crippen LogP contribution in [0.25, 0.3) is 0 Å². The third-order valence-corrected chi connectivity index (χ3v) is 4.28. The van der Waals surface area contributed by atoms with Crippen LogP contribution in [0, 0.1) is 25.2 Å². The van der Waals surface area contributed by atoms with E-state index in [2.05, 4.69) is 0 Å². The number of thiophene rings is 1. The molecule has 124 valence electrons. The van der Waals surface area contributed by atoms with Crippen LogP contribution in [0.4, 0.5) is 0 Å². The Hall–Kier alpha value is -2.65. The number of rotatable bonds is 6. The number of carbonyl (C=O) groups excluding carboxylic acids is 2. The number of aryl methyl sites for hydroxylation is 2. The third-order valence-electron chi connectivity index (χ3n) is 3.32. The highest BCUT2D eigenvalue weighted by Gasteiger charge is 2.19. The van der Waals surface area contributed by atoms with Crippen LogP contribution in [0.1, 0.15) is 32.6 Å². The molecule has 0 saturated carbocycles. The van der Waals surface area contributed by atoms with Crippen molar-refractivity contribution in [2.75, 3.05) is 6.61 Å². The van der Waals surface area contributed by atoms with Crippen molar-refractivity contribution >= 4 is 23.1 Å². The number of carbonyl (C=O) groups is 2. The zero-order valence-corrected chi connectivity index (χ0v) is 14.5. The average molecular weight is 343 g/mol. The number of Topliss-reactive ketones (excluding diaryl/α,β-unsaturated/α-hetero) is 1. The van der Waals surface area contributed by atoms with Crippen molar-refractivity contribution < 1.29 is 19.1 Å². The molecule has 2 aromatic rings. The molecule has 5 nitrogen and oxygen atoms in total. The fourth-order valence-corrected chi connectivity index (χ4v) is 3.04. The van der Waals surface area contributed by atoms with Crippen LogP contribution in [-0.4, -0.2) is 24.5 Å². The Kier molecular flexibility index (Phi) is 5.72. The van der Waals surface area contributed by atoms with E-state index >= 15 is 0 Å². The molecule has 0 saturated heterocycles. The first-order chi connectivity index (χ1) is 11.4. The molecule has 24 heavy (non-hydrogen) atoms. The van der Waals surface area contributed by atoms with E-state index in [0.29, 0.717) is 16.9 Å². The second-order valence-electron chi connectivity index (χ2n) is 5.25.